The second-order valence-corrected chi connectivity index (χ2v) is 4.70. The zero-order chi connectivity index (χ0) is 13.1. The minimum Gasteiger partial charge on any atom is -0.465 e. The largest absolute Gasteiger partial charge is 0.465 e. The molecule has 19 heavy (non-hydrogen) atoms. The maximum Gasteiger partial charge on any atom is 0.116 e. The molecule has 0 aliphatic heterocycles. The molecular weight excluding hydrogens is 232 g/mol. The van der Waals surface area contributed by atoms with Gasteiger partial charge in [0.15, 0.2) is 0 Å². The molecule has 0 atom stereocenters. The Morgan fingerprint density at radius 2 is 1.21 bits per heavy atom. The van der Waals surface area contributed by atoms with Crippen LogP contribution in [-0.4, -0.2) is 0 Å². The summed E-state index contributed by atoms with van der Waals surface area (Å²) < 4.78 is 5.85. The Bertz CT molecular complexity index is 598. The Hall–Kier alpha value is -2.28. The topological polar surface area (TPSA) is 13.1 Å². The van der Waals surface area contributed by atoms with E-state index in [0.717, 1.165) is 11.5 Å². The molecule has 1 aromatic heterocycles. The van der Waals surface area contributed by atoms with Crippen molar-refractivity contribution in [1.82, 2.24) is 0 Å². The van der Waals surface area contributed by atoms with Crippen LogP contribution in [-0.2, 0) is 0 Å². The van der Waals surface area contributed by atoms with Crippen LogP contribution < -0.4 is 0 Å². The van der Waals surface area contributed by atoms with Crippen molar-refractivity contribution in [3.05, 3.63) is 95.4 Å². The molecule has 0 saturated heterocycles. The summed E-state index contributed by atoms with van der Waals surface area (Å²) in [5, 5.41) is 0. The van der Waals surface area contributed by atoms with Gasteiger partial charge in [0.25, 0.3) is 0 Å². The van der Waals surface area contributed by atoms with Gasteiger partial charge in [0, 0.05) is 0 Å². The van der Waals surface area contributed by atoms with Crippen LogP contribution in [0.3, 0.4) is 0 Å². The summed E-state index contributed by atoms with van der Waals surface area (Å²) in [6, 6.07) is 25.0. The number of hydrogen-bond donors (Lipinski definition) is 0. The van der Waals surface area contributed by atoms with Gasteiger partial charge in [0.05, 0.1) is 5.92 Å². The lowest BCUT2D eigenvalue weighted by Crippen LogP contribution is -2.01. The van der Waals surface area contributed by atoms with E-state index >= 15 is 0 Å². The summed E-state index contributed by atoms with van der Waals surface area (Å²) in [7, 11) is 0. The highest BCUT2D eigenvalue weighted by molar-refractivity contribution is 5.39. The van der Waals surface area contributed by atoms with Crippen molar-refractivity contribution in [3.63, 3.8) is 0 Å². The van der Waals surface area contributed by atoms with E-state index in [2.05, 4.69) is 54.6 Å². The predicted molar refractivity (Wildman–Crippen MR) is 77.3 cm³/mol. The first-order valence-corrected chi connectivity index (χ1v) is 6.51. The molecule has 0 radical (unpaired) electrons. The van der Waals surface area contributed by atoms with Gasteiger partial charge in [0.2, 0.25) is 0 Å². The lowest BCUT2D eigenvalue weighted by Gasteiger charge is -2.15. The van der Waals surface area contributed by atoms with Gasteiger partial charge in [-0.05, 0) is 30.2 Å². The van der Waals surface area contributed by atoms with Gasteiger partial charge in [-0.2, -0.15) is 0 Å². The highest BCUT2D eigenvalue weighted by atomic mass is 16.3. The van der Waals surface area contributed by atoms with Gasteiger partial charge >= 0.3 is 0 Å². The molecule has 0 unspecified atom stereocenters. The minimum absolute atomic E-state index is 0.163. The lowest BCUT2D eigenvalue weighted by molar-refractivity contribution is 0.478. The van der Waals surface area contributed by atoms with Crippen molar-refractivity contribution in [3.8, 4) is 0 Å². The quantitative estimate of drug-likeness (QED) is 0.650. The van der Waals surface area contributed by atoms with Crippen LogP contribution in [0.5, 0.6) is 0 Å². The SMILES string of the molecule is Cc1ccc(C(c2ccccc2)c2ccccc2)o1. The molecule has 2 aromatic carbocycles. The Morgan fingerprint density at radius 1 is 0.684 bits per heavy atom. The molecule has 0 aliphatic rings. The molecule has 3 rings (SSSR count). The zero-order valence-electron chi connectivity index (χ0n) is 10.9. The number of aryl methyl sites for hydroxylation is 1. The van der Waals surface area contributed by atoms with Crippen LogP contribution in [0.25, 0.3) is 0 Å². The van der Waals surface area contributed by atoms with E-state index in [1.54, 1.807) is 0 Å². The van der Waals surface area contributed by atoms with Crippen LogP contribution in [0.1, 0.15) is 28.6 Å². The molecule has 0 bridgehead atoms. The summed E-state index contributed by atoms with van der Waals surface area (Å²) >= 11 is 0. The molecule has 1 heteroatoms. The van der Waals surface area contributed by atoms with Crippen molar-refractivity contribution >= 4 is 0 Å². The summed E-state index contributed by atoms with van der Waals surface area (Å²) in [6.45, 7) is 1.98. The molecule has 3 aromatic rings. The van der Waals surface area contributed by atoms with Crippen molar-refractivity contribution in [2.45, 2.75) is 12.8 Å². The van der Waals surface area contributed by atoms with Crippen LogP contribution >= 0.6 is 0 Å². The zero-order valence-corrected chi connectivity index (χ0v) is 10.9. The van der Waals surface area contributed by atoms with Crippen LogP contribution in [0.15, 0.2) is 77.2 Å². The molecule has 1 nitrogen and oxygen atoms in total. The average molecular weight is 248 g/mol. The molecule has 1 heterocycles. The lowest BCUT2D eigenvalue weighted by atomic mass is 9.89. The first-order chi connectivity index (χ1) is 9.34. The Balaban J connectivity index is 2.11. The summed E-state index contributed by atoms with van der Waals surface area (Å²) in [5.74, 6) is 2.11. The summed E-state index contributed by atoms with van der Waals surface area (Å²) in [4.78, 5) is 0. The van der Waals surface area contributed by atoms with Crippen molar-refractivity contribution in [2.24, 2.45) is 0 Å². The minimum atomic E-state index is 0.163. The van der Waals surface area contributed by atoms with Crippen LogP contribution in [0.2, 0.25) is 0 Å². The van der Waals surface area contributed by atoms with Crippen LogP contribution in [0.4, 0.5) is 0 Å². The molecule has 0 saturated carbocycles. The third-order valence-corrected chi connectivity index (χ3v) is 3.31. The monoisotopic (exact) mass is 248 g/mol. The number of hydrogen-bond acceptors (Lipinski definition) is 1. The van der Waals surface area contributed by atoms with E-state index in [9.17, 15) is 0 Å². The van der Waals surface area contributed by atoms with E-state index < -0.39 is 0 Å². The van der Waals surface area contributed by atoms with Gasteiger partial charge in [-0.25, -0.2) is 0 Å². The molecule has 0 aliphatic carbocycles. The fourth-order valence-electron chi connectivity index (χ4n) is 2.42. The predicted octanol–water partition coefficient (Wildman–Crippen LogP) is 4.77. The number of rotatable bonds is 3. The highest BCUT2D eigenvalue weighted by Crippen LogP contribution is 2.32. The maximum absolute atomic E-state index is 5.85. The first kappa shape index (κ1) is 11.8. The second-order valence-electron chi connectivity index (χ2n) is 4.70. The molecule has 0 fully saturated rings. The third kappa shape index (κ3) is 2.45. The van der Waals surface area contributed by atoms with Gasteiger partial charge in [0.1, 0.15) is 11.5 Å². The standard InChI is InChI=1S/C18H16O/c1-14-12-13-17(19-14)18(15-8-4-2-5-9-15)16-10-6-3-7-11-16/h2-13,18H,1H3. The smallest absolute Gasteiger partial charge is 0.116 e. The second kappa shape index (κ2) is 5.15. The van der Waals surface area contributed by atoms with Crippen LogP contribution in [0, 0.1) is 6.92 Å². The Morgan fingerprint density at radius 3 is 1.63 bits per heavy atom. The fourth-order valence-corrected chi connectivity index (χ4v) is 2.42. The number of furan rings is 1. The maximum atomic E-state index is 5.85. The Kier molecular flexibility index (Phi) is 3.20. The van der Waals surface area contributed by atoms with Gasteiger partial charge in [-0.1, -0.05) is 60.7 Å². The van der Waals surface area contributed by atoms with E-state index in [0.29, 0.717) is 0 Å². The van der Waals surface area contributed by atoms with E-state index in [-0.39, 0.29) is 5.92 Å². The van der Waals surface area contributed by atoms with Crippen molar-refractivity contribution < 1.29 is 4.42 Å². The van der Waals surface area contributed by atoms with E-state index in [1.165, 1.54) is 11.1 Å². The van der Waals surface area contributed by atoms with Gasteiger partial charge in [-0.3, -0.25) is 0 Å². The first-order valence-electron chi connectivity index (χ1n) is 6.51. The summed E-state index contributed by atoms with van der Waals surface area (Å²) in [5.41, 5.74) is 2.51. The van der Waals surface area contributed by atoms with Crippen molar-refractivity contribution in [2.75, 3.05) is 0 Å². The van der Waals surface area contributed by atoms with E-state index in [1.807, 2.05) is 25.1 Å². The normalized spacial score (nSPS) is 10.8. The van der Waals surface area contributed by atoms with Crippen molar-refractivity contribution in [1.29, 1.82) is 0 Å². The average Bonchev–Trinajstić information content (AvgIpc) is 2.88. The molecule has 0 spiro atoms. The molecule has 94 valence electrons. The van der Waals surface area contributed by atoms with E-state index in [4.69, 9.17) is 4.42 Å². The Labute approximate surface area is 113 Å². The summed E-state index contributed by atoms with van der Waals surface area (Å²) in [6.07, 6.45) is 0. The van der Waals surface area contributed by atoms with Gasteiger partial charge < -0.3 is 4.42 Å². The molecular formula is C18H16O. The highest BCUT2D eigenvalue weighted by Gasteiger charge is 2.19. The molecule has 0 amide bonds. The fraction of sp³-hybridized carbons (Fsp3) is 0.111. The number of benzene rings is 2. The van der Waals surface area contributed by atoms with Gasteiger partial charge in [-0.15, -0.1) is 0 Å². The molecule has 0 N–H and O–H groups in total. The third-order valence-electron chi connectivity index (χ3n) is 3.31.